The van der Waals surface area contributed by atoms with Gasteiger partial charge in [0.05, 0.1) is 5.60 Å². The predicted octanol–water partition coefficient (Wildman–Crippen LogP) is 3.31. The minimum Gasteiger partial charge on any atom is -0.379 e. The van der Waals surface area contributed by atoms with Gasteiger partial charge in [0.1, 0.15) is 0 Å². The van der Waals surface area contributed by atoms with Gasteiger partial charge in [-0.15, -0.1) is 0 Å². The molecule has 0 fully saturated rings. The summed E-state index contributed by atoms with van der Waals surface area (Å²) in [7, 11) is 1.79. The minimum atomic E-state index is -0.0235. The van der Waals surface area contributed by atoms with E-state index in [2.05, 4.69) is 39.9 Å². The molecule has 0 aromatic carbocycles. The molecule has 0 aromatic heterocycles. The Bertz CT molecular complexity index is 173. The molecular formula is C13H29NOS. The lowest BCUT2D eigenvalue weighted by atomic mass is 9.99. The van der Waals surface area contributed by atoms with Gasteiger partial charge in [-0.25, -0.2) is 0 Å². The molecule has 0 heterocycles. The van der Waals surface area contributed by atoms with E-state index in [1.165, 1.54) is 17.9 Å². The molecule has 0 amide bonds. The quantitative estimate of drug-likeness (QED) is 0.632. The van der Waals surface area contributed by atoms with Crippen molar-refractivity contribution in [2.75, 3.05) is 18.6 Å². The first-order chi connectivity index (χ1) is 7.41. The number of rotatable bonds is 9. The van der Waals surface area contributed by atoms with Crippen molar-refractivity contribution in [2.24, 2.45) is 0 Å². The van der Waals surface area contributed by atoms with Crippen molar-refractivity contribution in [1.29, 1.82) is 0 Å². The summed E-state index contributed by atoms with van der Waals surface area (Å²) < 4.78 is 5.44. The van der Waals surface area contributed by atoms with Gasteiger partial charge in [-0.2, -0.15) is 11.8 Å². The number of ether oxygens (including phenoxy) is 1. The lowest BCUT2D eigenvalue weighted by molar-refractivity contribution is 0.00783. The number of hydrogen-bond donors (Lipinski definition) is 1. The van der Waals surface area contributed by atoms with E-state index in [9.17, 15) is 0 Å². The Balaban J connectivity index is 3.73. The van der Waals surface area contributed by atoms with Crippen LogP contribution in [-0.2, 0) is 4.74 Å². The molecular weight excluding hydrogens is 218 g/mol. The van der Waals surface area contributed by atoms with Crippen molar-refractivity contribution in [3.63, 3.8) is 0 Å². The van der Waals surface area contributed by atoms with Crippen LogP contribution in [0.3, 0.4) is 0 Å². The van der Waals surface area contributed by atoms with Crippen LogP contribution in [0.4, 0.5) is 0 Å². The van der Waals surface area contributed by atoms with E-state index in [4.69, 9.17) is 4.74 Å². The lowest BCUT2D eigenvalue weighted by Gasteiger charge is -2.29. The standard InChI is InChI=1S/C13H29NOS/c1-7-16-9-8-11(2)14-12(3)10-13(4,5)15-6/h11-12,14H,7-10H2,1-6H3. The summed E-state index contributed by atoms with van der Waals surface area (Å²) >= 11 is 2.02. The second-order valence-electron chi connectivity index (χ2n) is 5.12. The van der Waals surface area contributed by atoms with E-state index in [1.54, 1.807) is 7.11 Å². The van der Waals surface area contributed by atoms with Crippen molar-refractivity contribution >= 4 is 11.8 Å². The summed E-state index contributed by atoms with van der Waals surface area (Å²) in [5.74, 6) is 2.48. The van der Waals surface area contributed by atoms with Crippen LogP contribution in [0.2, 0.25) is 0 Å². The Morgan fingerprint density at radius 3 is 2.38 bits per heavy atom. The molecule has 16 heavy (non-hydrogen) atoms. The number of methoxy groups -OCH3 is 1. The van der Waals surface area contributed by atoms with Gasteiger partial charge < -0.3 is 10.1 Å². The maximum Gasteiger partial charge on any atom is 0.0637 e. The third kappa shape index (κ3) is 8.43. The van der Waals surface area contributed by atoms with Gasteiger partial charge in [0.15, 0.2) is 0 Å². The van der Waals surface area contributed by atoms with Crippen molar-refractivity contribution < 1.29 is 4.74 Å². The molecule has 0 aliphatic heterocycles. The predicted molar refractivity (Wildman–Crippen MR) is 75.4 cm³/mol. The minimum absolute atomic E-state index is 0.0235. The second kappa shape index (κ2) is 8.37. The molecule has 0 saturated heterocycles. The average Bonchev–Trinajstić information content (AvgIpc) is 2.17. The van der Waals surface area contributed by atoms with Crippen molar-refractivity contribution in [2.45, 2.75) is 65.1 Å². The van der Waals surface area contributed by atoms with Crippen molar-refractivity contribution in [3.8, 4) is 0 Å². The lowest BCUT2D eigenvalue weighted by Crippen LogP contribution is -2.40. The summed E-state index contributed by atoms with van der Waals surface area (Å²) in [4.78, 5) is 0. The van der Waals surface area contributed by atoms with E-state index in [1.807, 2.05) is 11.8 Å². The summed E-state index contributed by atoms with van der Waals surface area (Å²) in [6, 6.07) is 1.11. The molecule has 0 aliphatic carbocycles. The average molecular weight is 247 g/mol. The van der Waals surface area contributed by atoms with Crippen molar-refractivity contribution in [3.05, 3.63) is 0 Å². The first kappa shape index (κ1) is 16.3. The molecule has 0 rings (SSSR count). The maximum atomic E-state index is 5.44. The second-order valence-corrected chi connectivity index (χ2v) is 6.52. The summed E-state index contributed by atoms with van der Waals surface area (Å²) in [5.41, 5.74) is -0.0235. The van der Waals surface area contributed by atoms with E-state index < -0.39 is 0 Å². The number of thioether (sulfide) groups is 1. The van der Waals surface area contributed by atoms with Crippen LogP contribution < -0.4 is 5.32 Å². The molecule has 3 heteroatoms. The molecule has 1 N–H and O–H groups in total. The van der Waals surface area contributed by atoms with E-state index >= 15 is 0 Å². The summed E-state index contributed by atoms with van der Waals surface area (Å²) in [6.07, 6.45) is 2.30. The Kier molecular flexibility index (Phi) is 8.52. The van der Waals surface area contributed by atoms with Crippen LogP contribution in [0.25, 0.3) is 0 Å². The normalized spacial score (nSPS) is 16.1. The highest BCUT2D eigenvalue weighted by Crippen LogP contribution is 2.16. The zero-order valence-electron chi connectivity index (χ0n) is 11.8. The molecule has 2 unspecified atom stereocenters. The fourth-order valence-corrected chi connectivity index (χ4v) is 2.66. The molecule has 0 aliphatic rings. The Morgan fingerprint density at radius 2 is 1.88 bits per heavy atom. The molecule has 0 bridgehead atoms. The first-order valence-corrected chi connectivity index (χ1v) is 7.45. The number of nitrogens with one attached hydrogen (secondary N) is 1. The van der Waals surface area contributed by atoms with Crippen LogP contribution in [0, 0.1) is 0 Å². The van der Waals surface area contributed by atoms with Crippen LogP contribution in [0.5, 0.6) is 0 Å². The molecule has 2 nitrogen and oxygen atoms in total. The Morgan fingerprint density at radius 1 is 1.25 bits per heavy atom. The summed E-state index contributed by atoms with van der Waals surface area (Å²) in [5, 5.41) is 3.64. The topological polar surface area (TPSA) is 21.3 Å². The van der Waals surface area contributed by atoms with Gasteiger partial charge in [0.25, 0.3) is 0 Å². The van der Waals surface area contributed by atoms with Gasteiger partial charge in [-0.3, -0.25) is 0 Å². The third-order valence-electron chi connectivity index (χ3n) is 2.82. The van der Waals surface area contributed by atoms with Crippen LogP contribution in [-0.4, -0.2) is 36.3 Å². The van der Waals surface area contributed by atoms with Crippen LogP contribution in [0.15, 0.2) is 0 Å². The van der Waals surface area contributed by atoms with E-state index in [0.29, 0.717) is 12.1 Å². The zero-order valence-corrected chi connectivity index (χ0v) is 12.6. The molecule has 0 saturated carbocycles. The fourth-order valence-electron chi connectivity index (χ4n) is 1.85. The zero-order chi connectivity index (χ0) is 12.6. The monoisotopic (exact) mass is 247 g/mol. The van der Waals surface area contributed by atoms with E-state index in [0.717, 1.165) is 6.42 Å². The highest BCUT2D eigenvalue weighted by molar-refractivity contribution is 7.99. The van der Waals surface area contributed by atoms with Gasteiger partial charge in [-0.1, -0.05) is 6.92 Å². The maximum absolute atomic E-state index is 5.44. The van der Waals surface area contributed by atoms with Crippen LogP contribution in [0.1, 0.15) is 47.5 Å². The SMILES string of the molecule is CCSCCC(C)NC(C)CC(C)(C)OC. The molecule has 98 valence electrons. The van der Waals surface area contributed by atoms with Crippen molar-refractivity contribution in [1.82, 2.24) is 5.32 Å². The molecule has 0 radical (unpaired) electrons. The number of hydrogen-bond acceptors (Lipinski definition) is 3. The van der Waals surface area contributed by atoms with Gasteiger partial charge in [0, 0.05) is 19.2 Å². The smallest absolute Gasteiger partial charge is 0.0637 e. The Labute approximate surface area is 106 Å². The molecule has 0 spiro atoms. The fraction of sp³-hybridized carbons (Fsp3) is 1.00. The molecule has 0 aromatic rings. The van der Waals surface area contributed by atoms with Crippen LogP contribution >= 0.6 is 11.8 Å². The summed E-state index contributed by atoms with van der Waals surface area (Å²) in [6.45, 7) is 11.0. The Hall–Kier alpha value is 0.270. The highest BCUT2D eigenvalue weighted by atomic mass is 32.2. The van der Waals surface area contributed by atoms with Gasteiger partial charge in [-0.05, 0) is 52.0 Å². The largest absolute Gasteiger partial charge is 0.379 e. The molecule has 2 atom stereocenters. The first-order valence-electron chi connectivity index (χ1n) is 6.30. The van der Waals surface area contributed by atoms with E-state index in [-0.39, 0.29) is 5.60 Å². The van der Waals surface area contributed by atoms with Gasteiger partial charge in [0.2, 0.25) is 0 Å². The third-order valence-corrected chi connectivity index (χ3v) is 3.75. The van der Waals surface area contributed by atoms with Gasteiger partial charge >= 0.3 is 0 Å². The highest BCUT2D eigenvalue weighted by Gasteiger charge is 2.20.